The summed E-state index contributed by atoms with van der Waals surface area (Å²) in [5.74, 6) is 1.65. The molecule has 1 aliphatic carbocycles. The number of piperidine rings is 1. The van der Waals surface area contributed by atoms with Gasteiger partial charge < -0.3 is 15.4 Å². The van der Waals surface area contributed by atoms with Crippen LogP contribution >= 0.6 is 11.3 Å². The van der Waals surface area contributed by atoms with E-state index in [1.165, 1.54) is 54.0 Å². The lowest BCUT2D eigenvalue weighted by atomic mass is 9.83. The highest BCUT2D eigenvalue weighted by molar-refractivity contribution is 7.14. The number of nitrogens with zero attached hydrogens (tertiary/aromatic N) is 5. The van der Waals surface area contributed by atoms with E-state index < -0.39 is 6.03 Å². The number of carbonyl (C=O) groups is 2. The van der Waals surface area contributed by atoms with E-state index in [4.69, 9.17) is 15.5 Å². The van der Waals surface area contributed by atoms with E-state index in [1.807, 2.05) is 22.3 Å². The highest BCUT2D eigenvalue weighted by atomic mass is 32.1. The fourth-order valence-electron chi connectivity index (χ4n) is 6.18. The zero-order valence-electron chi connectivity index (χ0n) is 22.6. The number of hydrazine groups is 1. The number of ether oxygens (including phenoxy) is 1. The minimum atomic E-state index is -0.567. The monoisotopic (exact) mass is 540 g/mol. The van der Waals surface area contributed by atoms with Crippen molar-refractivity contribution in [1.82, 2.24) is 19.8 Å². The Bertz CT molecular complexity index is 1130. The van der Waals surface area contributed by atoms with E-state index in [2.05, 4.69) is 23.1 Å². The Hall–Kier alpha value is -2.69. The molecule has 3 aliphatic rings. The number of nitrogens with two attached hydrogens (primary N) is 1. The lowest BCUT2D eigenvalue weighted by Crippen LogP contribution is -2.60. The number of aromatic nitrogens is 1. The molecule has 1 saturated carbocycles. The standard InChI is InChI=1S/C28H40N6O3S/c1-31-13-7-6-10-24(31)26(35)32-14-16-33(17-15-32)34(27(29)36)28-30-23(19-38-28)21-11-12-22(25(18-21)37-2)20-8-4-3-5-9-20/h11-12,18-20,24H,3-10,13-17H2,1-2H3,(H2,29,36). The van der Waals surface area contributed by atoms with Crippen LogP contribution in [-0.2, 0) is 4.79 Å². The summed E-state index contributed by atoms with van der Waals surface area (Å²) in [6, 6.07) is 5.74. The predicted octanol–water partition coefficient (Wildman–Crippen LogP) is 4.30. The predicted molar refractivity (Wildman–Crippen MR) is 150 cm³/mol. The van der Waals surface area contributed by atoms with E-state index in [0.29, 0.717) is 37.2 Å². The van der Waals surface area contributed by atoms with Crippen molar-refractivity contribution < 1.29 is 14.3 Å². The van der Waals surface area contributed by atoms with E-state index in [9.17, 15) is 9.59 Å². The van der Waals surface area contributed by atoms with Crippen LogP contribution in [0.3, 0.4) is 0 Å². The van der Waals surface area contributed by atoms with Gasteiger partial charge in [0, 0.05) is 37.1 Å². The molecule has 3 heterocycles. The summed E-state index contributed by atoms with van der Waals surface area (Å²) >= 11 is 1.39. The van der Waals surface area contributed by atoms with Gasteiger partial charge in [0.25, 0.3) is 0 Å². The highest BCUT2D eigenvalue weighted by Gasteiger charge is 2.34. The lowest BCUT2D eigenvalue weighted by molar-refractivity contribution is -0.139. The topological polar surface area (TPSA) is 95.2 Å². The van der Waals surface area contributed by atoms with Crippen LogP contribution in [0.25, 0.3) is 11.3 Å². The van der Waals surface area contributed by atoms with Crippen molar-refractivity contribution in [2.45, 2.75) is 63.3 Å². The first-order chi connectivity index (χ1) is 18.5. The summed E-state index contributed by atoms with van der Waals surface area (Å²) in [5, 5.41) is 5.87. The minimum Gasteiger partial charge on any atom is -0.496 e. The summed E-state index contributed by atoms with van der Waals surface area (Å²) in [6.45, 7) is 3.15. The molecule has 1 aromatic carbocycles. The van der Waals surface area contributed by atoms with Crippen molar-refractivity contribution in [3.05, 3.63) is 29.1 Å². The van der Waals surface area contributed by atoms with Crippen molar-refractivity contribution in [3.63, 3.8) is 0 Å². The fourth-order valence-corrected chi connectivity index (χ4v) is 7.05. The normalized spacial score (nSPS) is 21.8. The molecule has 1 aromatic heterocycles. The van der Waals surface area contributed by atoms with Gasteiger partial charge in [-0.2, -0.15) is 5.01 Å². The van der Waals surface area contributed by atoms with Crippen molar-refractivity contribution >= 4 is 28.4 Å². The van der Waals surface area contributed by atoms with Gasteiger partial charge in [-0.15, -0.1) is 11.3 Å². The van der Waals surface area contributed by atoms with Crippen LogP contribution in [0.4, 0.5) is 9.93 Å². The number of piperazine rings is 1. The number of likely N-dealkylation sites (N-methyl/N-ethyl adjacent to an activating group) is 1. The number of amides is 3. The lowest BCUT2D eigenvalue weighted by Gasteiger charge is -2.41. The molecule has 2 aliphatic heterocycles. The van der Waals surface area contributed by atoms with E-state index >= 15 is 0 Å². The summed E-state index contributed by atoms with van der Waals surface area (Å²) in [7, 11) is 3.76. The number of benzene rings is 1. The first kappa shape index (κ1) is 26.9. The van der Waals surface area contributed by atoms with Crippen molar-refractivity contribution in [1.29, 1.82) is 0 Å². The average Bonchev–Trinajstić information content (AvgIpc) is 3.43. The van der Waals surface area contributed by atoms with Crippen LogP contribution in [0.15, 0.2) is 23.6 Å². The van der Waals surface area contributed by atoms with Crippen LogP contribution in [-0.4, -0.2) is 84.7 Å². The summed E-state index contributed by atoms with van der Waals surface area (Å²) in [6.07, 6.45) is 9.44. The SMILES string of the molecule is COc1cc(-c2csc(N(C(N)=O)N3CCN(C(=O)C4CCCCN4C)CC3)n2)ccc1C1CCCCC1. The first-order valence-electron chi connectivity index (χ1n) is 13.9. The van der Waals surface area contributed by atoms with Crippen molar-refractivity contribution in [3.8, 4) is 17.0 Å². The minimum absolute atomic E-state index is 0.0365. The Balaban J connectivity index is 1.27. The number of methoxy groups -OCH3 is 1. The van der Waals surface area contributed by atoms with Gasteiger partial charge in [0.2, 0.25) is 11.0 Å². The molecule has 0 radical (unpaired) electrons. The number of likely N-dealkylation sites (tertiary alicyclic amines) is 1. The quantitative estimate of drug-likeness (QED) is 0.587. The molecule has 2 aromatic rings. The molecule has 3 fully saturated rings. The number of hydrogen-bond donors (Lipinski definition) is 1. The molecule has 5 rings (SSSR count). The van der Waals surface area contributed by atoms with Crippen LogP contribution in [0, 0.1) is 0 Å². The molecule has 10 heteroatoms. The molecule has 1 unspecified atom stereocenters. The molecule has 206 valence electrons. The maximum atomic E-state index is 13.1. The Kier molecular flexibility index (Phi) is 8.50. The number of rotatable bonds is 6. The van der Waals surface area contributed by atoms with Crippen LogP contribution in [0.5, 0.6) is 5.75 Å². The van der Waals surface area contributed by atoms with Gasteiger partial charge in [-0.3, -0.25) is 9.69 Å². The van der Waals surface area contributed by atoms with Gasteiger partial charge in [0.1, 0.15) is 5.75 Å². The summed E-state index contributed by atoms with van der Waals surface area (Å²) in [4.78, 5) is 34.5. The maximum absolute atomic E-state index is 13.1. The molecule has 2 saturated heterocycles. The van der Waals surface area contributed by atoms with Gasteiger partial charge in [-0.25, -0.2) is 14.8 Å². The first-order valence-corrected chi connectivity index (χ1v) is 14.8. The molecule has 0 bridgehead atoms. The Morgan fingerprint density at radius 1 is 1.03 bits per heavy atom. The Morgan fingerprint density at radius 2 is 1.76 bits per heavy atom. The Labute approximate surface area is 229 Å². The van der Waals surface area contributed by atoms with Crippen LogP contribution in [0.1, 0.15) is 62.8 Å². The number of thiazole rings is 1. The van der Waals surface area contributed by atoms with Gasteiger partial charge >= 0.3 is 6.03 Å². The van der Waals surface area contributed by atoms with Gasteiger partial charge in [-0.05, 0) is 56.8 Å². The van der Waals surface area contributed by atoms with Crippen molar-refractivity contribution in [2.24, 2.45) is 5.73 Å². The second kappa shape index (κ2) is 12.0. The molecule has 1 atom stereocenters. The van der Waals surface area contributed by atoms with Crippen molar-refractivity contribution in [2.75, 3.05) is 51.9 Å². The van der Waals surface area contributed by atoms with Gasteiger partial charge in [0.05, 0.1) is 18.8 Å². The summed E-state index contributed by atoms with van der Waals surface area (Å²) < 4.78 is 5.78. The number of carbonyl (C=O) groups excluding carboxylic acids is 2. The largest absolute Gasteiger partial charge is 0.496 e. The second-order valence-electron chi connectivity index (χ2n) is 10.7. The number of primary amides is 1. The smallest absolute Gasteiger partial charge is 0.336 e. The molecule has 2 N–H and O–H groups in total. The third kappa shape index (κ3) is 5.67. The molecular weight excluding hydrogens is 500 g/mol. The average molecular weight is 541 g/mol. The Morgan fingerprint density at radius 3 is 2.45 bits per heavy atom. The number of anilines is 1. The third-order valence-electron chi connectivity index (χ3n) is 8.36. The summed E-state index contributed by atoms with van der Waals surface area (Å²) in [5.41, 5.74) is 8.85. The van der Waals surface area contributed by atoms with E-state index in [0.717, 1.165) is 42.8 Å². The van der Waals surface area contributed by atoms with Crippen LogP contribution in [0.2, 0.25) is 0 Å². The second-order valence-corrected chi connectivity index (χ2v) is 11.6. The third-order valence-corrected chi connectivity index (χ3v) is 9.18. The maximum Gasteiger partial charge on any atom is 0.336 e. The molecule has 0 spiro atoms. The zero-order chi connectivity index (χ0) is 26.6. The molecule has 38 heavy (non-hydrogen) atoms. The highest BCUT2D eigenvalue weighted by Crippen LogP contribution is 2.40. The van der Waals surface area contributed by atoms with Gasteiger partial charge in [0.15, 0.2) is 0 Å². The van der Waals surface area contributed by atoms with E-state index in [1.54, 1.807) is 7.11 Å². The fraction of sp³-hybridized carbons (Fsp3) is 0.607. The van der Waals surface area contributed by atoms with Gasteiger partial charge in [-0.1, -0.05) is 37.8 Å². The molecular formula is C28H40N6O3S. The number of urea groups is 1. The molecule has 3 amide bonds. The number of hydrogen-bond acceptors (Lipinski definition) is 7. The molecule has 9 nitrogen and oxygen atoms in total. The zero-order valence-corrected chi connectivity index (χ0v) is 23.4. The van der Waals surface area contributed by atoms with E-state index in [-0.39, 0.29) is 11.9 Å². The van der Waals surface area contributed by atoms with Crippen LogP contribution < -0.4 is 15.5 Å².